The molecule has 0 aromatic heterocycles. The van der Waals surface area contributed by atoms with Gasteiger partial charge in [0.25, 0.3) is 0 Å². The van der Waals surface area contributed by atoms with Gasteiger partial charge in [0.2, 0.25) is 0 Å². The quantitative estimate of drug-likeness (QED) is 0.767. The molecule has 0 spiro atoms. The lowest BCUT2D eigenvalue weighted by molar-refractivity contribution is -0.139. The van der Waals surface area contributed by atoms with Gasteiger partial charge in [0, 0.05) is 0 Å². The van der Waals surface area contributed by atoms with Crippen LogP contribution < -0.4 is 10.6 Å². The fraction of sp³-hybridized carbons (Fsp3) is 0.385. The number of amides is 2. The smallest absolute Gasteiger partial charge is 0.326 e. The van der Waals surface area contributed by atoms with Crippen LogP contribution in [0, 0.1) is 12.7 Å². The summed E-state index contributed by atoms with van der Waals surface area (Å²) in [4.78, 5) is 22.5. The van der Waals surface area contributed by atoms with Crippen molar-refractivity contribution < 1.29 is 19.1 Å². The number of aliphatic carboxylic acids is 1. The third-order valence-electron chi connectivity index (χ3n) is 2.55. The molecule has 6 heteroatoms. The molecule has 1 rings (SSSR count). The van der Waals surface area contributed by atoms with E-state index in [0.717, 1.165) is 5.56 Å². The molecule has 0 unspecified atom stereocenters. The topological polar surface area (TPSA) is 78.4 Å². The Balaban J connectivity index is 2.66. The largest absolute Gasteiger partial charge is 0.480 e. The van der Waals surface area contributed by atoms with Crippen LogP contribution in [0.3, 0.4) is 0 Å². The molecule has 3 N–H and O–H groups in total. The van der Waals surface area contributed by atoms with E-state index in [4.69, 9.17) is 5.11 Å². The lowest BCUT2D eigenvalue weighted by atomic mass is 10.2. The van der Waals surface area contributed by atoms with Crippen molar-refractivity contribution in [3.8, 4) is 0 Å². The molecule has 1 aromatic carbocycles. The lowest BCUT2D eigenvalue weighted by Gasteiger charge is -2.14. The van der Waals surface area contributed by atoms with Crippen molar-refractivity contribution in [1.82, 2.24) is 5.32 Å². The summed E-state index contributed by atoms with van der Waals surface area (Å²) >= 11 is 0. The Morgan fingerprint density at radius 2 is 2.11 bits per heavy atom. The van der Waals surface area contributed by atoms with Crippen LogP contribution in [0.5, 0.6) is 0 Å². The highest BCUT2D eigenvalue weighted by molar-refractivity contribution is 5.92. The summed E-state index contributed by atoms with van der Waals surface area (Å²) < 4.78 is 13.5. The second-order valence-electron chi connectivity index (χ2n) is 4.26. The van der Waals surface area contributed by atoms with Gasteiger partial charge in [-0.05, 0) is 31.0 Å². The second-order valence-corrected chi connectivity index (χ2v) is 4.26. The molecule has 1 aromatic rings. The molecule has 0 aliphatic carbocycles. The number of urea groups is 1. The third kappa shape index (κ3) is 4.57. The standard InChI is InChI=1S/C13H17FN2O3/c1-3-4-11(12(17)18)16-13(19)15-10-6-5-8(2)7-9(10)14/h5-7,11H,3-4H2,1-2H3,(H,17,18)(H2,15,16,19)/t11-/m0/s1. The summed E-state index contributed by atoms with van der Waals surface area (Å²) in [6, 6.07) is 2.66. The molecule has 0 heterocycles. The van der Waals surface area contributed by atoms with E-state index in [9.17, 15) is 14.0 Å². The summed E-state index contributed by atoms with van der Waals surface area (Å²) in [5.74, 6) is -1.67. The molecule has 0 saturated heterocycles. The van der Waals surface area contributed by atoms with E-state index in [1.807, 2.05) is 6.92 Å². The molecule has 0 saturated carbocycles. The summed E-state index contributed by atoms with van der Waals surface area (Å²) in [7, 11) is 0. The van der Waals surface area contributed by atoms with Crippen molar-refractivity contribution >= 4 is 17.7 Å². The fourth-order valence-corrected chi connectivity index (χ4v) is 1.58. The minimum atomic E-state index is -1.11. The third-order valence-corrected chi connectivity index (χ3v) is 2.55. The first-order valence-electron chi connectivity index (χ1n) is 6.00. The van der Waals surface area contributed by atoms with E-state index in [-0.39, 0.29) is 5.69 Å². The molecular formula is C13H17FN2O3. The first kappa shape index (κ1) is 14.9. The minimum Gasteiger partial charge on any atom is -0.480 e. The highest BCUT2D eigenvalue weighted by atomic mass is 19.1. The number of benzene rings is 1. The van der Waals surface area contributed by atoms with Crippen LogP contribution >= 0.6 is 0 Å². The maximum Gasteiger partial charge on any atom is 0.326 e. The van der Waals surface area contributed by atoms with Crippen molar-refractivity contribution in [3.05, 3.63) is 29.6 Å². The van der Waals surface area contributed by atoms with E-state index in [1.54, 1.807) is 13.0 Å². The van der Waals surface area contributed by atoms with Gasteiger partial charge in [-0.1, -0.05) is 19.4 Å². The molecule has 0 radical (unpaired) electrons. The van der Waals surface area contributed by atoms with Gasteiger partial charge in [-0.2, -0.15) is 0 Å². The van der Waals surface area contributed by atoms with Crippen molar-refractivity contribution in [2.24, 2.45) is 0 Å². The molecule has 0 aliphatic heterocycles. The zero-order valence-corrected chi connectivity index (χ0v) is 10.9. The van der Waals surface area contributed by atoms with E-state index in [1.165, 1.54) is 12.1 Å². The number of hydrogen-bond acceptors (Lipinski definition) is 2. The Kier molecular flexibility index (Phi) is 5.29. The van der Waals surface area contributed by atoms with E-state index in [2.05, 4.69) is 10.6 Å². The van der Waals surface area contributed by atoms with Gasteiger partial charge in [0.15, 0.2) is 0 Å². The number of rotatable bonds is 5. The van der Waals surface area contributed by atoms with E-state index >= 15 is 0 Å². The average Bonchev–Trinajstić information content (AvgIpc) is 2.32. The Morgan fingerprint density at radius 1 is 1.42 bits per heavy atom. The molecular weight excluding hydrogens is 251 g/mol. The zero-order valence-electron chi connectivity index (χ0n) is 10.9. The average molecular weight is 268 g/mol. The molecule has 0 bridgehead atoms. The van der Waals surface area contributed by atoms with Crippen molar-refractivity contribution in [3.63, 3.8) is 0 Å². The number of carboxylic acids is 1. The number of carbonyl (C=O) groups is 2. The van der Waals surface area contributed by atoms with Crippen LogP contribution in [0.4, 0.5) is 14.9 Å². The number of anilines is 1. The number of hydrogen-bond donors (Lipinski definition) is 3. The minimum absolute atomic E-state index is 0.0173. The van der Waals surface area contributed by atoms with E-state index in [0.29, 0.717) is 12.8 Å². The van der Waals surface area contributed by atoms with E-state index < -0.39 is 23.9 Å². The second kappa shape index (κ2) is 6.72. The zero-order chi connectivity index (χ0) is 14.4. The molecule has 2 amide bonds. The number of halogens is 1. The van der Waals surface area contributed by atoms with Gasteiger partial charge in [0.1, 0.15) is 11.9 Å². The SMILES string of the molecule is CCC[C@H](NC(=O)Nc1ccc(C)cc1F)C(=O)O. The van der Waals surface area contributed by atoms with Gasteiger partial charge in [-0.25, -0.2) is 14.0 Å². The maximum absolute atomic E-state index is 13.5. The highest BCUT2D eigenvalue weighted by Gasteiger charge is 2.19. The fourth-order valence-electron chi connectivity index (χ4n) is 1.58. The predicted molar refractivity (Wildman–Crippen MR) is 69.6 cm³/mol. The van der Waals surface area contributed by atoms with Crippen molar-refractivity contribution in [2.75, 3.05) is 5.32 Å². The van der Waals surface area contributed by atoms with Crippen LogP contribution in [0.25, 0.3) is 0 Å². The summed E-state index contributed by atoms with van der Waals surface area (Å²) in [6.07, 6.45) is 0.940. The monoisotopic (exact) mass is 268 g/mol. The van der Waals surface area contributed by atoms with Gasteiger partial charge < -0.3 is 15.7 Å². The van der Waals surface area contributed by atoms with Gasteiger partial charge >= 0.3 is 12.0 Å². The Morgan fingerprint density at radius 3 is 2.63 bits per heavy atom. The van der Waals surface area contributed by atoms with Gasteiger partial charge in [0.05, 0.1) is 5.69 Å². The van der Waals surface area contributed by atoms with Crippen molar-refractivity contribution in [2.45, 2.75) is 32.7 Å². The van der Waals surface area contributed by atoms with Crippen LogP contribution in [0.15, 0.2) is 18.2 Å². The van der Waals surface area contributed by atoms with Crippen molar-refractivity contribution in [1.29, 1.82) is 0 Å². The highest BCUT2D eigenvalue weighted by Crippen LogP contribution is 2.15. The van der Waals surface area contributed by atoms with Crippen LogP contribution in [0.2, 0.25) is 0 Å². The first-order chi connectivity index (χ1) is 8.93. The number of aryl methyl sites for hydroxylation is 1. The Bertz CT molecular complexity index is 477. The van der Waals surface area contributed by atoms with Crippen LogP contribution in [-0.2, 0) is 4.79 Å². The lowest BCUT2D eigenvalue weighted by Crippen LogP contribution is -2.43. The number of carboxylic acid groups (broad SMARTS) is 1. The van der Waals surface area contributed by atoms with Crippen LogP contribution in [-0.4, -0.2) is 23.1 Å². The first-order valence-corrected chi connectivity index (χ1v) is 6.00. The van der Waals surface area contributed by atoms with Gasteiger partial charge in [-0.15, -0.1) is 0 Å². The summed E-state index contributed by atoms with van der Waals surface area (Å²) in [6.45, 7) is 3.55. The molecule has 5 nitrogen and oxygen atoms in total. The molecule has 0 fully saturated rings. The van der Waals surface area contributed by atoms with Gasteiger partial charge in [-0.3, -0.25) is 0 Å². The summed E-state index contributed by atoms with van der Waals surface area (Å²) in [5, 5.41) is 13.5. The molecule has 0 aliphatic rings. The molecule has 1 atom stereocenters. The Hall–Kier alpha value is -2.11. The molecule has 19 heavy (non-hydrogen) atoms. The molecule has 104 valence electrons. The predicted octanol–water partition coefficient (Wildman–Crippen LogP) is 2.51. The normalized spacial score (nSPS) is 11.7. The summed E-state index contributed by atoms with van der Waals surface area (Å²) in [5.41, 5.74) is 0.751. The number of carbonyl (C=O) groups excluding carboxylic acids is 1. The number of nitrogens with one attached hydrogen (secondary N) is 2. The maximum atomic E-state index is 13.5. The Labute approximate surface area is 110 Å². The van der Waals surface area contributed by atoms with Crippen LogP contribution in [0.1, 0.15) is 25.3 Å².